The van der Waals surface area contributed by atoms with Crippen molar-refractivity contribution in [3.8, 4) is 0 Å². The Morgan fingerprint density at radius 3 is 1.88 bits per heavy atom. The van der Waals surface area contributed by atoms with Crippen LogP contribution in [0.4, 0.5) is 0 Å². The minimum atomic E-state index is -3.52. The first-order valence-corrected chi connectivity index (χ1v) is 10.6. The predicted molar refractivity (Wildman–Crippen MR) is 95.9 cm³/mol. The SMILES string of the molecule is CC(C)CCN(CCC(C)C)S(=O)(=O)NC1CCC(C(=O)O)CC1. The van der Waals surface area contributed by atoms with Gasteiger partial charge in [-0.15, -0.1) is 0 Å². The molecule has 0 unspecified atom stereocenters. The molecule has 1 fully saturated rings. The van der Waals surface area contributed by atoms with Gasteiger partial charge in [-0.25, -0.2) is 0 Å². The normalized spacial score (nSPS) is 22.5. The summed E-state index contributed by atoms with van der Waals surface area (Å²) in [6, 6.07) is -0.147. The lowest BCUT2D eigenvalue weighted by atomic mass is 9.87. The van der Waals surface area contributed by atoms with E-state index in [4.69, 9.17) is 5.11 Å². The van der Waals surface area contributed by atoms with Crippen molar-refractivity contribution in [1.82, 2.24) is 9.03 Å². The molecule has 0 amide bonds. The number of hydrogen-bond donors (Lipinski definition) is 2. The largest absolute Gasteiger partial charge is 0.481 e. The zero-order valence-electron chi connectivity index (χ0n) is 15.5. The molecule has 6 nitrogen and oxygen atoms in total. The lowest BCUT2D eigenvalue weighted by Gasteiger charge is -2.30. The van der Waals surface area contributed by atoms with E-state index in [1.165, 1.54) is 0 Å². The van der Waals surface area contributed by atoms with E-state index in [9.17, 15) is 13.2 Å². The van der Waals surface area contributed by atoms with Gasteiger partial charge in [0.2, 0.25) is 0 Å². The topological polar surface area (TPSA) is 86.7 Å². The zero-order chi connectivity index (χ0) is 18.3. The molecule has 0 heterocycles. The van der Waals surface area contributed by atoms with Gasteiger partial charge in [0.1, 0.15) is 0 Å². The maximum absolute atomic E-state index is 12.7. The molecule has 0 atom stereocenters. The van der Waals surface area contributed by atoms with Crippen molar-refractivity contribution in [3.05, 3.63) is 0 Å². The molecule has 1 aliphatic rings. The van der Waals surface area contributed by atoms with Gasteiger partial charge < -0.3 is 5.11 Å². The van der Waals surface area contributed by atoms with Crippen LogP contribution in [0.25, 0.3) is 0 Å². The molecule has 0 aromatic carbocycles. The third-order valence-corrected chi connectivity index (χ3v) is 6.32. The standard InChI is InChI=1S/C17H34N2O4S/c1-13(2)9-11-19(12-10-14(3)4)24(22,23)18-16-7-5-15(6-8-16)17(20)21/h13-16,18H,5-12H2,1-4H3,(H,20,21). The third-order valence-electron chi connectivity index (χ3n) is 4.64. The number of hydrogen-bond acceptors (Lipinski definition) is 3. The van der Waals surface area contributed by atoms with Gasteiger partial charge in [-0.3, -0.25) is 4.79 Å². The average molecular weight is 363 g/mol. The van der Waals surface area contributed by atoms with Gasteiger partial charge in [-0.05, 0) is 50.4 Å². The predicted octanol–water partition coefficient (Wildman–Crippen LogP) is 2.86. The van der Waals surface area contributed by atoms with Gasteiger partial charge in [-0.1, -0.05) is 27.7 Å². The number of carboxylic acid groups (broad SMARTS) is 1. The summed E-state index contributed by atoms with van der Waals surface area (Å²) in [6.07, 6.45) is 3.95. The van der Waals surface area contributed by atoms with Crippen LogP contribution < -0.4 is 4.72 Å². The highest BCUT2D eigenvalue weighted by Crippen LogP contribution is 2.25. The van der Waals surface area contributed by atoms with Crippen molar-refractivity contribution in [2.24, 2.45) is 17.8 Å². The molecular formula is C17H34N2O4S. The molecule has 0 spiro atoms. The Labute approximate surface area is 147 Å². The summed E-state index contributed by atoms with van der Waals surface area (Å²) in [5, 5.41) is 9.04. The highest BCUT2D eigenvalue weighted by molar-refractivity contribution is 7.87. The number of nitrogens with one attached hydrogen (secondary N) is 1. The minimum absolute atomic E-state index is 0.147. The molecule has 0 aliphatic heterocycles. The monoisotopic (exact) mass is 362 g/mol. The molecule has 0 aromatic heterocycles. The van der Waals surface area contributed by atoms with Crippen molar-refractivity contribution < 1.29 is 18.3 Å². The Bertz CT molecular complexity index is 471. The Morgan fingerprint density at radius 1 is 1.04 bits per heavy atom. The molecule has 1 saturated carbocycles. The number of carboxylic acids is 1. The summed E-state index contributed by atoms with van der Waals surface area (Å²) in [7, 11) is -3.52. The van der Waals surface area contributed by atoms with Crippen LogP contribution in [0.1, 0.15) is 66.2 Å². The number of aliphatic carboxylic acids is 1. The summed E-state index contributed by atoms with van der Waals surface area (Å²) >= 11 is 0. The quantitative estimate of drug-likeness (QED) is 0.625. The van der Waals surface area contributed by atoms with Crippen LogP contribution in [0.5, 0.6) is 0 Å². The second-order valence-electron chi connectivity index (χ2n) is 7.77. The molecule has 24 heavy (non-hydrogen) atoms. The minimum Gasteiger partial charge on any atom is -0.481 e. The summed E-state index contributed by atoms with van der Waals surface area (Å²) in [4.78, 5) is 11.0. The fraction of sp³-hybridized carbons (Fsp3) is 0.941. The summed E-state index contributed by atoms with van der Waals surface area (Å²) in [5.74, 6) is -0.198. The first-order chi connectivity index (χ1) is 11.1. The van der Waals surface area contributed by atoms with Crippen LogP contribution in [0.2, 0.25) is 0 Å². The van der Waals surface area contributed by atoms with E-state index in [0.29, 0.717) is 50.6 Å². The third kappa shape index (κ3) is 7.49. The lowest BCUT2D eigenvalue weighted by molar-refractivity contribution is -0.142. The van der Waals surface area contributed by atoms with Crippen LogP contribution >= 0.6 is 0 Å². The smallest absolute Gasteiger partial charge is 0.306 e. The first-order valence-electron chi connectivity index (χ1n) is 9.12. The van der Waals surface area contributed by atoms with Gasteiger partial charge >= 0.3 is 5.97 Å². The molecule has 0 bridgehead atoms. The molecule has 0 saturated heterocycles. The van der Waals surface area contributed by atoms with Crippen molar-refractivity contribution in [1.29, 1.82) is 0 Å². The van der Waals surface area contributed by atoms with Gasteiger partial charge in [-0.2, -0.15) is 17.4 Å². The van der Waals surface area contributed by atoms with Gasteiger partial charge in [0.05, 0.1) is 5.92 Å². The average Bonchev–Trinajstić information content (AvgIpc) is 2.46. The van der Waals surface area contributed by atoms with E-state index in [1.807, 2.05) is 0 Å². The molecule has 142 valence electrons. The van der Waals surface area contributed by atoms with E-state index in [-0.39, 0.29) is 12.0 Å². The fourth-order valence-electron chi connectivity index (χ4n) is 2.90. The Kier molecular flexibility index (Phi) is 8.67. The molecule has 1 rings (SSSR count). The van der Waals surface area contributed by atoms with E-state index < -0.39 is 16.2 Å². The van der Waals surface area contributed by atoms with Crippen LogP contribution in [0.3, 0.4) is 0 Å². The van der Waals surface area contributed by atoms with E-state index in [2.05, 4.69) is 32.4 Å². The van der Waals surface area contributed by atoms with E-state index in [1.54, 1.807) is 4.31 Å². The summed E-state index contributed by atoms with van der Waals surface area (Å²) < 4.78 is 29.8. The lowest BCUT2D eigenvalue weighted by Crippen LogP contribution is -2.47. The summed E-state index contributed by atoms with van der Waals surface area (Å²) in [5.41, 5.74) is 0. The Balaban J connectivity index is 2.64. The summed E-state index contributed by atoms with van der Waals surface area (Å²) in [6.45, 7) is 9.43. The maximum atomic E-state index is 12.7. The second-order valence-corrected chi connectivity index (χ2v) is 9.48. The van der Waals surface area contributed by atoms with E-state index in [0.717, 1.165) is 12.8 Å². The highest BCUT2D eigenvalue weighted by Gasteiger charge is 2.30. The Hall–Kier alpha value is -0.660. The first kappa shape index (κ1) is 21.4. The van der Waals surface area contributed by atoms with Crippen LogP contribution in [-0.2, 0) is 15.0 Å². The van der Waals surface area contributed by atoms with Crippen molar-refractivity contribution in [2.75, 3.05) is 13.1 Å². The number of rotatable bonds is 10. The van der Waals surface area contributed by atoms with Gasteiger partial charge in [0.25, 0.3) is 10.2 Å². The molecule has 0 aromatic rings. The van der Waals surface area contributed by atoms with Gasteiger partial charge in [0.15, 0.2) is 0 Å². The number of carbonyl (C=O) groups is 1. The molecule has 0 radical (unpaired) electrons. The Morgan fingerprint density at radius 2 is 1.50 bits per heavy atom. The number of nitrogens with zero attached hydrogens (tertiary/aromatic N) is 1. The molecule has 7 heteroatoms. The molecule has 1 aliphatic carbocycles. The van der Waals surface area contributed by atoms with Crippen molar-refractivity contribution in [2.45, 2.75) is 72.3 Å². The molecule has 2 N–H and O–H groups in total. The highest BCUT2D eigenvalue weighted by atomic mass is 32.2. The van der Waals surface area contributed by atoms with Crippen LogP contribution in [0, 0.1) is 17.8 Å². The van der Waals surface area contributed by atoms with Crippen molar-refractivity contribution >= 4 is 16.2 Å². The van der Waals surface area contributed by atoms with Crippen molar-refractivity contribution in [3.63, 3.8) is 0 Å². The molecular weight excluding hydrogens is 328 g/mol. The maximum Gasteiger partial charge on any atom is 0.306 e. The van der Waals surface area contributed by atoms with Gasteiger partial charge in [0, 0.05) is 19.1 Å². The zero-order valence-corrected chi connectivity index (χ0v) is 16.3. The fourth-order valence-corrected chi connectivity index (χ4v) is 4.40. The van der Waals surface area contributed by atoms with Crippen LogP contribution in [0.15, 0.2) is 0 Å². The second kappa shape index (κ2) is 9.73. The van der Waals surface area contributed by atoms with Crippen LogP contribution in [-0.4, -0.2) is 42.9 Å². The van der Waals surface area contributed by atoms with E-state index >= 15 is 0 Å².